The van der Waals surface area contributed by atoms with Crippen LogP contribution in [0, 0.1) is 5.41 Å². The molecule has 0 aliphatic heterocycles. The van der Waals surface area contributed by atoms with Gasteiger partial charge in [0, 0.05) is 17.5 Å². The number of Topliss-reactive ketones (excluding diaryl/α,β-unsaturated/α-hetero) is 1. The van der Waals surface area contributed by atoms with Crippen LogP contribution in [0.1, 0.15) is 49.5 Å². The van der Waals surface area contributed by atoms with Gasteiger partial charge in [0.15, 0.2) is 5.78 Å². The molecule has 0 radical (unpaired) electrons. The first-order chi connectivity index (χ1) is 8.13. The highest BCUT2D eigenvalue weighted by Gasteiger charge is 2.33. The van der Waals surface area contributed by atoms with Crippen molar-refractivity contribution in [1.29, 1.82) is 0 Å². The van der Waals surface area contributed by atoms with Gasteiger partial charge in [-0.15, -0.1) is 0 Å². The molecule has 0 spiro atoms. The Kier molecular flexibility index (Phi) is 4.88. The van der Waals surface area contributed by atoms with Crippen molar-refractivity contribution in [3.63, 3.8) is 0 Å². The average molecular weight is 233 g/mol. The summed E-state index contributed by atoms with van der Waals surface area (Å²) in [6.07, 6.45) is 2.60. The standard InChI is InChI=1S/C15H23NO/c1-4-12-7-9-13(10-8-12)14(17)15(5-2,6-3)11-16/h7-10H,4-6,11,16H2,1-3H3. The van der Waals surface area contributed by atoms with Crippen molar-refractivity contribution < 1.29 is 4.79 Å². The zero-order chi connectivity index (χ0) is 12.9. The lowest BCUT2D eigenvalue weighted by Gasteiger charge is -2.28. The third-order valence-corrected chi connectivity index (χ3v) is 3.85. The van der Waals surface area contributed by atoms with Crippen LogP contribution in [0.3, 0.4) is 0 Å². The fraction of sp³-hybridized carbons (Fsp3) is 0.533. The predicted molar refractivity (Wildman–Crippen MR) is 72.2 cm³/mol. The maximum Gasteiger partial charge on any atom is 0.170 e. The van der Waals surface area contributed by atoms with Gasteiger partial charge in [0.25, 0.3) is 0 Å². The first-order valence-corrected chi connectivity index (χ1v) is 6.47. The van der Waals surface area contributed by atoms with E-state index in [1.165, 1.54) is 5.56 Å². The first-order valence-electron chi connectivity index (χ1n) is 6.47. The minimum absolute atomic E-state index is 0.188. The van der Waals surface area contributed by atoms with E-state index in [4.69, 9.17) is 5.73 Å². The van der Waals surface area contributed by atoms with Gasteiger partial charge in [-0.3, -0.25) is 4.79 Å². The number of rotatable bonds is 6. The number of hydrogen-bond donors (Lipinski definition) is 1. The Labute approximate surface area is 104 Å². The Balaban J connectivity index is 3.01. The Morgan fingerprint density at radius 1 is 1.12 bits per heavy atom. The molecule has 2 heteroatoms. The monoisotopic (exact) mass is 233 g/mol. The Morgan fingerprint density at radius 3 is 2.00 bits per heavy atom. The number of carbonyl (C=O) groups excluding carboxylic acids is 1. The average Bonchev–Trinajstić information content (AvgIpc) is 2.41. The van der Waals surface area contributed by atoms with E-state index in [2.05, 4.69) is 6.92 Å². The van der Waals surface area contributed by atoms with Crippen molar-refractivity contribution in [2.24, 2.45) is 11.1 Å². The summed E-state index contributed by atoms with van der Waals surface area (Å²) in [5.41, 5.74) is 7.47. The molecule has 2 nitrogen and oxygen atoms in total. The zero-order valence-electron chi connectivity index (χ0n) is 11.1. The maximum atomic E-state index is 12.5. The van der Waals surface area contributed by atoms with Crippen molar-refractivity contribution in [1.82, 2.24) is 0 Å². The summed E-state index contributed by atoms with van der Waals surface area (Å²) in [6.45, 7) is 6.61. The normalized spacial score (nSPS) is 11.5. The number of carbonyl (C=O) groups is 1. The molecule has 0 aliphatic rings. The van der Waals surface area contributed by atoms with Gasteiger partial charge < -0.3 is 5.73 Å². The number of nitrogens with two attached hydrogens (primary N) is 1. The van der Waals surface area contributed by atoms with Crippen LogP contribution in [0.2, 0.25) is 0 Å². The summed E-state index contributed by atoms with van der Waals surface area (Å²) in [4.78, 5) is 12.5. The second-order valence-corrected chi connectivity index (χ2v) is 4.57. The van der Waals surface area contributed by atoms with Gasteiger partial charge in [0.1, 0.15) is 0 Å². The summed E-state index contributed by atoms with van der Waals surface area (Å²) in [5.74, 6) is 0.188. The number of ketones is 1. The molecule has 0 fully saturated rings. The number of aryl methyl sites for hydroxylation is 1. The van der Waals surface area contributed by atoms with Crippen LogP contribution >= 0.6 is 0 Å². The summed E-state index contributed by atoms with van der Waals surface area (Å²) in [7, 11) is 0. The second kappa shape index (κ2) is 5.97. The Bertz CT molecular complexity index is 355. The molecule has 0 atom stereocenters. The molecule has 2 N–H and O–H groups in total. The highest BCUT2D eigenvalue weighted by atomic mass is 16.1. The predicted octanol–water partition coefficient (Wildman–Crippen LogP) is 3.20. The molecular formula is C15H23NO. The quantitative estimate of drug-likeness (QED) is 0.767. The van der Waals surface area contributed by atoms with E-state index in [0.29, 0.717) is 6.54 Å². The molecule has 0 amide bonds. The summed E-state index contributed by atoms with van der Waals surface area (Å²) in [6, 6.07) is 7.91. The van der Waals surface area contributed by atoms with Crippen LogP contribution in [0.15, 0.2) is 24.3 Å². The SMILES string of the molecule is CCc1ccc(C(=O)C(CC)(CC)CN)cc1. The van der Waals surface area contributed by atoms with Gasteiger partial charge in [-0.1, -0.05) is 45.0 Å². The van der Waals surface area contributed by atoms with Crippen LogP contribution in [-0.4, -0.2) is 12.3 Å². The van der Waals surface area contributed by atoms with Crippen LogP contribution in [0.5, 0.6) is 0 Å². The van der Waals surface area contributed by atoms with E-state index in [1.54, 1.807) is 0 Å². The molecule has 0 saturated heterocycles. The van der Waals surface area contributed by atoms with Crippen LogP contribution < -0.4 is 5.73 Å². The summed E-state index contributed by atoms with van der Waals surface area (Å²) < 4.78 is 0. The van der Waals surface area contributed by atoms with E-state index in [-0.39, 0.29) is 11.2 Å². The molecule has 1 rings (SSSR count). The molecule has 0 aliphatic carbocycles. The molecule has 0 unspecified atom stereocenters. The van der Waals surface area contributed by atoms with Gasteiger partial charge >= 0.3 is 0 Å². The molecule has 0 aromatic heterocycles. The fourth-order valence-electron chi connectivity index (χ4n) is 2.15. The van der Waals surface area contributed by atoms with Crippen molar-refractivity contribution in [3.05, 3.63) is 35.4 Å². The Morgan fingerprint density at radius 2 is 1.65 bits per heavy atom. The van der Waals surface area contributed by atoms with Crippen LogP contribution in [0.25, 0.3) is 0 Å². The van der Waals surface area contributed by atoms with Crippen molar-refractivity contribution >= 4 is 5.78 Å². The highest BCUT2D eigenvalue weighted by molar-refractivity contribution is 6.00. The van der Waals surface area contributed by atoms with Gasteiger partial charge in [-0.05, 0) is 24.8 Å². The number of benzene rings is 1. The van der Waals surface area contributed by atoms with Crippen molar-refractivity contribution in [2.75, 3.05) is 6.54 Å². The second-order valence-electron chi connectivity index (χ2n) is 4.57. The van der Waals surface area contributed by atoms with Crippen LogP contribution in [-0.2, 0) is 6.42 Å². The minimum Gasteiger partial charge on any atom is -0.329 e. The number of hydrogen-bond acceptors (Lipinski definition) is 2. The smallest absolute Gasteiger partial charge is 0.170 e. The highest BCUT2D eigenvalue weighted by Crippen LogP contribution is 2.29. The van der Waals surface area contributed by atoms with Gasteiger partial charge in [-0.25, -0.2) is 0 Å². The lowest BCUT2D eigenvalue weighted by Crippen LogP contribution is -2.37. The van der Waals surface area contributed by atoms with E-state index >= 15 is 0 Å². The minimum atomic E-state index is -0.381. The lowest BCUT2D eigenvalue weighted by atomic mass is 9.76. The molecule has 0 saturated carbocycles. The van der Waals surface area contributed by atoms with E-state index < -0.39 is 0 Å². The summed E-state index contributed by atoms with van der Waals surface area (Å²) >= 11 is 0. The van der Waals surface area contributed by atoms with Gasteiger partial charge in [0.05, 0.1) is 0 Å². The third-order valence-electron chi connectivity index (χ3n) is 3.85. The molecule has 17 heavy (non-hydrogen) atoms. The van der Waals surface area contributed by atoms with Crippen LogP contribution in [0.4, 0.5) is 0 Å². The maximum absolute atomic E-state index is 12.5. The third kappa shape index (κ3) is 2.75. The fourth-order valence-corrected chi connectivity index (χ4v) is 2.15. The topological polar surface area (TPSA) is 43.1 Å². The largest absolute Gasteiger partial charge is 0.329 e. The van der Waals surface area contributed by atoms with E-state index in [9.17, 15) is 4.79 Å². The zero-order valence-corrected chi connectivity index (χ0v) is 11.1. The van der Waals surface area contributed by atoms with E-state index in [1.807, 2.05) is 38.1 Å². The van der Waals surface area contributed by atoms with Gasteiger partial charge in [0.2, 0.25) is 0 Å². The molecular weight excluding hydrogens is 210 g/mol. The molecule has 1 aromatic carbocycles. The Hall–Kier alpha value is -1.15. The first kappa shape index (κ1) is 13.9. The molecule has 0 bridgehead atoms. The molecule has 94 valence electrons. The molecule has 1 aromatic rings. The molecule has 0 heterocycles. The van der Waals surface area contributed by atoms with Crippen molar-refractivity contribution in [3.8, 4) is 0 Å². The summed E-state index contributed by atoms with van der Waals surface area (Å²) in [5, 5.41) is 0. The van der Waals surface area contributed by atoms with Gasteiger partial charge in [-0.2, -0.15) is 0 Å². The van der Waals surface area contributed by atoms with Crippen molar-refractivity contribution in [2.45, 2.75) is 40.0 Å². The van der Waals surface area contributed by atoms with E-state index in [0.717, 1.165) is 24.8 Å². The lowest BCUT2D eigenvalue weighted by molar-refractivity contribution is 0.0787.